The van der Waals surface area contributed by atoms with Crippen LogP contribution in [0.1, 0.15) is 40.5 Å². The van der Waals surface area contributed by atoms with Gasteiger partial charge in [0.1, 0.15) is 0 Å². The van der Waals surface area contributed by atoms with E-state index in [4.69, 9.17) is 0 Å². The predicted octanol–water partition coefficient (Wildman–Crippen LogP) is 3.82. The van der Waals surface area contributed by atoms with Crippen molar-refractivity contribution in [2.45, 2.75) is 40.5 Å². The van der Waals surface area contributed by atoms with Crippen molar-refractivity contribution in [2.75, 3.05) is 0 Å². The minimum Gasteiger partial charge on any atom is -0.289 e. The van der Waals surface area contributed by atoms with E-state index in [0.717, 1.165) is 24.0 Å². The molecule has 1 aliphatic carbocycles. The lowest BCUT2D eigenvalue weighted by molar-refractivity contribution is -0.112. The van der Waals surface area contributed by atoms with Gasteiger partial charge in [-0.3, -0.25) is 4.79 Å². The monoisotopic (exact) mass is 204 g/mol. The summed E-state index contributed by atoms with van der Waals surface area (Å²) in [6.07, 6.45) is 8.59. The molecule has 1 heteroatoms. The summed E-state index contributed by atoms with van der Waals surface area (Å²) in [4.78, 5) is 11.5. The summed E-state index contributed by atoms with van der Waals surface area (Å²) in [6.45, 7) is 8.18. The van der Waals surface area contributed by atoms with E-state index in [0.29, 0.717) is 5.92 Å². The third-order valence-electron chi connectivity index (χ3n) is 2.96. The predicted molar refractivity (Wildman–Crippen MR) is 64.7 cm³/mol. The van der Waals surface area contributed by atoms with Gasteiger partial charge in [-0.2, -0.15) is 0 Å². The van der Waals surface area contributed by atoms with Crippen molar-refractivity contribution < 1.29 is 4.79 Å². The first-order valence-corrected chi connectivity index (χ1v) is 5.71. The molecule has 1 aliphatic rings. The Balaban J connectivity index is 2.93. The van der Waals surface area contributed by atoms with E-state index in [1.807, 2.05) is 26.0 Å². The summed E-state index contributed by atoms with van der Waals surface area (Å²) in [5.74, 6) is 0.804. The first kappa shape index (κ1) is 12.0. The lowest BCUT2D eigenvalue weighted by Gasteiger charge is -2.12. The molecular formula is C14H20O. The zero-order chi connectivity index (χ0) is 11.4. The number of ketones is 1. The minimum absolute atomic E-state index is 0.177. The molecule has 82 valence electrons. The van der Waals surface area contributed by atoms with E-state index in [-0.39, 0.29) is 5.78 Å². The van der Waals surface area contributed by atoms with E-state index >= 15 is 0 Å². The number of carbonyl (C=O) groups excluding carboxylic acids is 1. The molecular weight excluding hydrogens is 184 g/mol. The van der Waals surface area contributed by atoms with E-state index in [2.05, 4.69) is 19.9 Å². The fraction of sp³-hybridized carbons (Fsp3) is 0.500. The maximum absolute atomic E-state index is 11.5. The van der Waals surface area contributed by atoms with Crippen LogP contribution >= 0.6 is 0 Å². The summed E-state index contributed by atoms with van der Waals surface area (Å²) < 4.78 is 0. The highest BCUT2D eigenvalue weighted by Crippen LogP contribution is 2.21. The molecule has 0 saturated carbocycles. The summed E-state index contributed by atoms with van der Waals surface area (Å²) in [6, 6.07) is 0. The number of hydrogen-bond donors (Lipinski definition) is 0. The van der Waals surface area contributed by atoms with Gasteiger partial charge in [-0.05, 0) is 61.5 Å². The lowest BCUT2D eigenvalue weighted by atomic mass is 9.92. The van der Waals surface area contributed by atoms with Gasteiger partial charge in [0.15, 0.2) is 5.78 Å². The van der Waals surface area contributed by atoms with Crippen LogP contribution in [0, 0.1) is 5.92 Å². The average molecular weight is 204 g/mol. The molecule has 0 radical (unpaired) electrons. The molecule has 0 amide bonds. The Morgan fingerprint density at radius 2 is 1.60 bits per heavy atom. The molecule has 0 aromatic carbocycles. The van der Waals surface area contributed by atoms with Crippen molar-refractivity contribution in [3.63, 3.8) is 0 Å². The molecule has 0 aromatic rings. The van der Waals surface area contributed by atoms with Gasteiger partial charge in [0.25, 0.3) is 0 Å². The van der Waals surface area contributed by atoms with Gasteiger partial charge in [0.05, 0.1) is 0 Å². The molecule has 0 bridgehead atoms. The Bertz CT molecular complexity index is 314. The topological polar surface area (TPSA) is 17.1 Å². The second-order valence-electron chi connectivity index (χ2n) is 4.23. The van der Waals surface area contributed by atoms with Crippen molar-refractivity contribution in [1.82, 2.24) is 0 Å². The number of rotatable bonds is 3. The molecule has 0 atom stereocenters. The highest BCUT2D eigenvalue weighted by Gasteiger charge is 2.13. The van der Waals surface area contributed by atoms with Gasteiger partial charge in [-0.1, -0.05) is 19.9 Å². The van der Waals surface area contributed by atoms with Crippen molar-refractivity contribution in [3.8, 4) is 0 Å². The first-order valence-electron chi connectivity index (χ1n) is 5.71. The molecule has 0 saturated heterocycles. The number of carbonyl (C=O) groups is 1. The summed E-state index contributed by atoms with van der Waals surface area (Å²) in [5, 5.41) is 0. The molecule has 0 fully saturated rings. The third-order valence-corrected chi connectivity index (χ3v) is 2.96. The van der Waals surface area contributed by atoms with Gasteiger partial charge >= 0.3 is 0 Å². The van der Waals surface area contributed by atoms with Crippen molar-refractivity contribution in [3.05, 3.63) is 34.9 Å². The summed E-state index contributed by atoms with van der Waals surface area (Å²) in [5.41, 5.74) is 2.90. The van der Waals surface area contributed by atoms with Crippen LogP contribution in [0.3, 0.4) is 0 Å². The molecule has 0 N–H and O–H groups in total. The Kier molecular flexibility index (Phi) is 4.07. The standard InChI is InChI=1S/C14H20O/c1-5-12(6-2)9-13-7-10(3)14(15)11(4)8-13/h7-9,12H,5-6H2,1-4H3. The molecule has 0 heterocycles. The second-order valence-corrected chi connectivity index (χ2v) is 4.23. The fourth-order valence-corrected chi connectivity index (χ4v) is 1.88. The van der Waals surface area contributed by atoms with Crippen LogP contribution in [0.25, 0.3) is 0 Å². The lowest BCUT2D eigenvalue weighted by Crippen LogP contribution is -2.06. The normalized spacial score (nSPS) is 16.6. The highest BCUT2D eigenvalue weighted by atomic mass is 16.1. The zero-order valence-electron chi connectivity index (χ0n) is 10.1. The molecule has 0 unspecified atom stereocenters. The van der Waals surface area contributed by atoms with Crippen LogP contribution in [-0.2, 0) is 4.79 Å². The fourth-order valence-electron chi connectivity index (χ4n) is 1.88. The van der Waals surface area contributed by atoms with Gasteiger partial charge in [-0.25, -0.2) is 0 Å². The molecule has 15 heavy (non-hydrogen) atoms. The van der Waals surface area contributed by atoms with E-state index in [9.17, 15) is 4.79 Å². The summed E-state index contributed by atoms with van der Waals surface area (Å²) >= 11 is 0. The van der Waals surface area contributed by atoms with Crippen LogP contribution < -0.4 is 0 Å². The van der Waals surface area contributed by atoms with Crippen LogP contribution in [0.15, 0.2) is 34.9 Å². The summed E-state index contributed by atoms with van der Waals surface area (Å²) in [7, 11) is 0. The van der Waals surface area contributed by atoms with Crippen molar-refractivity contribution >= 4 is 5.78 Å². The average Bonchev–Trinajstić information content (AvgIpc) is 2.22. The van der Waals surface area contributed by atoms with Crippen molar-refractivity contribution in [1.29, 1.82) is 0 Å². The Morgan fingerprint density at radius 3 is 2.00 bits per heavy atom. The maximum Gasteiger partial charge on any atom is 0.184 e. The SMILES string of the molecule is CCC(C=C1C=C(C)C(=O)C(C)=C1)CC. The van der Waals surface area contributed by atoms with Gasteiger partial charge in [0, 0.05) is 0 Å². The number of Topliss-reactive ketones (excluding diaryl/α,β-unsaturated/α-hetero) is 1. The van der Waals surface area contributed by atoms with Crippen LogP contribution in [0.2, 0.25) is 0 Å². The van der Waals surface area contributed by atoms with Crippen LogP contribution in [0.4, 0.5) is 0 Å². The largest absolute Gasteiger partial charge is 0.289 e. The third kappa shape index (κ3) is 2.92. The Labute approximate surface area is 92.6 Å². The number of hydrogen-bond acceptors (Lipinski definition) is 1. The molecule has 0 aromatic heterocycles. The van der Waals surface area contributed by atoms with E-state index < -0.39 is 0 Å². The minimum atomic E-state index is 0.177. The molecule has 0 spiro atoms. The highest BCUT2D eigenvalue weighted by molar-refractivity contribution is 6.09. The van der Waals surface area contributed by atoms with Crippen molar-refractivity contribution in [2.24, 2.45) is 5.92 Å². The van der Waals surface area contributed by atoms with E-state index in [1.165, 1.54) is 5.57 Å². The molecule has 1 nitrogen and oxygen atoms in total. The van der Waals surface area contributed by atoms with Gasteiger partial charge in [0.2, 0.25) is 0 Å². The Morgan fingerprint density at radius 1 is 1.13 bits per heavy atom. The first-order chi connectivity index (χ1) is 7.08. The van der Waals surface area contributed by atoms with Gasteiger partial charge < -0.3 is 0 Å². The van der Waals surface area contributed by atoms with Crippen LogP contribution in [-0.4, -0.2) is 5.78 Å². The Hall–Kier alpha value is -1.11. The molecule has 1 rings (SSSR count). The quantitative estimate of drug-likeness (QED) is 0.683. The maximum atomic E-state index is 11.5. The number of allylic oxidation sites excluding steroid dienone is 6. The zero-order valence-corrected chi connectivity index (χ0v) is 10.1. The van der Waals surface area contributed by atoms with Crippen LogP contribution in [0.5, 0.6) is 0 Å². The van der Waals surface area contributed by atoms with Gasteiger partial charge in [-0.15, -0.1) is 0 Å². The smallest absolute Gasteiger partial charge is 0.184 e. The molecule has 0 aliphatic heterocycles. The van der Waals surface area contributed by atoms with E-state index in [1.54, 1.807) is 0 Å². The second kappa shape index (κ2) is 5.11.